The van der Waals surface area contributed by atoms with Crippen molar-refractivity contribution in [2.24, 2.45) is 0 Å². The van der Waals surface area contributed by atoms with E-state index in [2.05, 4.69) is 15.0 Å². The lowest BCUT2D eigenvalue weighted by Crippen LogP contribution is -2.44. The third kappa shape index (κ3) is 4.72. The van der Waals surface area contributed by atoms with E-state index in [1.54, 1.807) is 31.4 Å². The molecule has 0 unspecified atom stereocenters. The maximum atomic E-state index is 15.1. The maximum absolute atomic E-state index is 15.1. The second kappa shape index (κ2) is 9.06. The molecule has 0 aliphatic carbocycles. The molecule has 39 heavy (non-hydrogen) atoms. The molecule has 0 saturated carbocycles. The van der Waals surface area contributed by atoms with Gasteiger partial charge in [-0.05, 0) is 59.2 Å². The van der Waals surface area contributed by atoms with Gasteiger partial charge in [0.05, 0.1) is 29.2 Å². The summed E-state index contributed by atoms with van der Waals surface area (Å²) in [6.45, 7) is 9.41. The van der Waals surface area contributed by atoms with Crippen LogP contribution in [0.25, 0.3) is 16.8 Å². The second-order valence-corrected chi connectivity index (χ2v) is 10.8. The monoisotopic (exact) mass is 537 g/mol. The van der Waals surface area contributed by atoms with E-state index in [-0.39, 0.29) is 34.9 Å². The molecule has 0 radical (unpaired) electrons. The summed E-state index contributed by atoms with van der Waals surface area (Å²) in [6, 6.07) is 4.01. The van der Waals surface area contributed by atoms with Gasteiger partial charge < -0.3 is 19.4 Å². The van der Waals surface area contributed by atoms with Gasteiger partial charge in [-0.2, -0.15) is 0 Å². The van der Waals surface area contributed by atoms with E-state index < -0.39 is 34.8 Å². The largest absolute Gasteiger partial charge is 0.476 e. The number of pyridine rings is 1. The third-order valence-corrected chi connectivity index (χ3v) is 6.76. The van der Waals surface area contributed by atoms with Gasteiger partial charge in [-0.25, -0.2) is 23.7 Å². The Hall–Kier alpha value is -3.96. The van der Waals surface area contributed by atoms with Gasteiger partial charge in [0.15, 0.2) is 23.5 Å². The van der Waals surface area contributed by atoms with Gasteiger partial charge >= 0.3 is 0 Å². The molecule has 0 bridgehead atoms. The minimum absolute atomic E-state index is 0.0134. The summed E-state index contributed by atoms with van der Waals surface area (Å²) in [5.41, 5.74) is -0.121. The van der Waals surface area contributed by atoms with Crippen molar-refractivity contribution in [2.45, 2.75) is 65.4 Å². The second-order valence-electron chi connectivity index (χ2n) is 10.8. The number of carbonyl (C=O) groups is 1. The van der Waals surface area contributed by atoms with Gasteiger partial charge in [-0.1, -0.05) is 0 Å². The van der Waals surface area contributed by atoms with Crippen molar-refractivity contribution in [1.82, 2.24) is 19.4 Å². The Morgan fingerprint density at radius 1 is 1.03 bits per heavy atom. The number of anilines is 1. The average Bonchev–Trinajstić information content (AvgIpc) is 3.14. The van der Waals surface area contributed by atoms with E-state index >= 15 is 8.78 Å². The highest BCUT2D eigenvalue weighted by Crippen LogP contribution is 2.41. The zero-order chi connectivity index (χ0) is 28.4. The molecule has 2 N–H and O–H groups in total. The van der Waals surface area contributed by atoms with E-state index in [1.807, 2.05) is 0 Å². The van der Waals surface area contributed by atoms with Crippen molar-refractivity contribution >= 4 is 17.2 Å². The standard InChI is InChI=1S/C28H29F2N5O4/c1-14-22(13-35-21-8-17(27(3,4)37)7-20(30)24(21)39-15(2)25(35)36)34-12-18(19(29)9-23(34)33-14)16-10-31-26(32-11-16)28(5,6)38/h7-12,15,37-38H,13H2,1-6H3/t15-/m1/s1. The van der Waals surface area contributed by atoms with Crippen LogP contribution in [-0.4, -0.2) is 41.6 Å². The van der Waals surface area contributed by atoms with Gasteiger partial charge in [-0.15, -0.1) is 0 Å². The lowest BCUT2D eigenvalue weighted by Gasteiger charge is -2.34. The first-order valence-electron chi connectivity index (χ1n) is 12.4. The Labute approximate surface area is 223 Å². The molecule has 11 heteroatoms. The van der Waals surface area contributed by atoms with Crippen LogP contribution in [0.1, 0.15) is 57.4 Å². The summed E-state index contributed by atoms with van der Waals surface area (Å²) in [7, 11) is 0. The zero-order valence-electron chi connectivity index (χ0n) is 22.5. The maximum Gasteiger partial charge on any atom is 0.268 e. The first-order valence-corrected chi connectivity index (χ1v) is 12.4. The quantitative estimate of drug-likeness (QED) is 0.393. The van der Waals surface area contributed by atoms with Crippen molar-refractivity contribution in [1.29, 1.82) is 0 Å². The number of hydrogen-bond donors (Lipinski definition) is 2. The summed E-state index contributed by atoms with van der Waals surface area (Å²) in [5, 5.41) is 20.6. The molecule has 0 saturated heterocycles. The molecule has 1 aliphatic heterocycles. The fourth-order valence-corrected chi connectivity index (χ4v) is 4.54. The third-order valence-electron chi connectivity index (χ3n) is 6.76. The SMILES string of the molecule is Cc1nc2cc(F)c(-c3cnc(C(C)(C)O)nc3)cn2c1CN1C(=O)[C@@H](C)Oc2c(F)cc(C(C)(C)O)cc21. The zero-order valence-corrected chi connectivity index (χ0v) is 22.5. The molecule has 1 amide bonds. The Morgan fingerprint density at radius 3 is 2.31 bits per heavy atom. The van der Waals surface area contributed by atoms with Crippen LogP contribution in [0.15, 0.2) is 36.8 Å². The summed E-state index contributed by atoms with van der Waals surface area (Å²) in [6.07, 6.45) is 3.46. The number of aromatic nitrogens is 4. The van der Waals surface area contributed by atoms with Crippen LogP contribution in [0.5, 0.6) is 5.75 Å². The van der Waals surface area contributed by atoms with Crippen molar-refractivity contribution in [3.63, 3.8) is 0 Å². The molecule has 204 valence electrons. The summed E-state index contributed by atoms with van der Waals surface area (Å²) < 4.78 is 37.5. The molecular formula is C28H29F2N5O4. The van der Waals surface area contributed by atoms with Crippen LogP contribution in [0.4, 0.5) is 14.5 Å². The molecule has 9 nitrogen and oxygen atoms in total. The highest BCUT2D eigenvalue weighted by molar-refractivity contribution is 6.00. The summed E-state index contributed by atoms with van der Waals surface area (Å²) >= 11 is 0. The van der Waals surface area contributed by atoms with Crippen molar-refractivity contribution in [2.75, 3.05) is 4.90 Å². The number of carbonyl (C=O) groups excluding carboxylic acids is 1. The molecule has 5 rings (SSSR count). The van der Waals surface area contributed by atoms with Crippen molar-refractivity contribution in [3.8, 4) is 16.9 Å². The Balaban J connectivity index is 1.61. The number of fused-ring (bicyclic) bond motifs is 2. The fourth-order valence-electron chi connectivity index (χ4n) is 4.54. The average molecular weight is 538 g/mol. The molecule has 4 aromatic rings. The first kappa shape index (κ1) is 26.6. The normalized spacial score (nSPS) is 16.0. The number of halogens is 2. The molecule has 1 aliphatic rings. The number of hydrogen-bond acceptors (Lipinski definition) is 7. The Morgan fingerprint density at radius 2 is 1.69 bits per heavy atom. The van der Waals surface area contributed by atoms with Gasteiger partial charge in [0.1, 0.15) is 17.1 Å². The number of benzene rings is 1. The van der Waals surface area contributed by atoms with E-state index in [9.17, 15) is 15.0 Å². The van der Waals surface area contributed by atoms with Crippen LogP contribution in [0, 0.1) is 18.6 Å². The number of imidazole rings is 1. The number of ether oxygens (including phenoxy) is 1. The number of nitrogens with zero attached hydrogens (tertiary/aromatic N) is 5. The predicted octanol–water partition coefficient (Wildman–Crippen LogP) is 4.15. The van der Waals surface area contributed by atoms with E-state index in [0.29, 0.717) is 22.6 Å². The van der Waals surface area contributed by atoms with Crippen LogP contribution >= 0.6 is 0 Å². The van der Waals surface area contributed by atoms with E-state index in [0.717, 1.165) is 0 Å². The highest BCUT2D eigenvalue weighted by Gasteiger charge is 2.36. The lowest BCUT2D eigenvalue weighted by molar-refractivity contribution is -0.125. The van der Waals surface area contributed by atoms with Crippen LogP contribution in [0.2, 0.25) is 0 Å². The topological polar surface area (TPSA) is 113 Å². The predicted molar refractivity (Wildman–Crippen MR) is 139 cm³/mol. The fraction of sp³-hybridized carbons (Fsp3) is 0.357. The van der Waals surface area contributed by atoms with Gasteiger partial charge in [0, 0.05) is 35.8 Å². The van der Waals surface area contributed by atoms with Crippen LogP contribution < -0.4 is 9.64 Å². The molecular weight excluding hydrogens is 508 g/mol. The summed E-state index contributed by atoms with van der Waals surface area (Å²) in [5.74, 6) is -1.53. The van der Waals surface area contributed by atoms with E-state index in [1.165, 1.54) is 56.3 Å². The minimum atomic E-state index is -1.36. The minimum Gasteiger partial charge on any atom is -0.476 e. The van der Waals surface area contributed by atoms with Gasteiger partial charge in [0.25, 0.3) is 5.91 Å². The molecule has 4 heterocycles. The summed E-state index contributed by atoms with van der Waals surface area (Å²) in [4.78, 5) is 27.5. The molecule has 0 fully saturated rings. The van der Waals surface area contributed by atoms with Crippen molar-refractivity contribution in [3.05, 3.63) is 71.2 Å². The van der Waals surface area contributed by atoms with Crippen LogP contribution in [0.3, 0.4) is 0 Å². The van der Waals surface area contributed by atoms with Gasteiger partial charge in [-0.3, -0.25) is 9.69 Å². The van der Waals surface area contributed by atoms with Crippen molar-refractivity contribution < 1.29 is 28.5 Å². The number of aryl methyl sites for hydroxylation is 1. The Kier molecular flexibility index (Phi) is 6.19. The van der Waals surface area contributed by atoms with Gasteiger partial charge in [0.2, 0.25) is 0 Å². The molecule has 1 atom stereocenters. The lowest BCUT2D eigenvalue weighted by atomic mass is 9.96. The van der Waals surface area contributed by atoms with Crippen LogP contribution in [-0.2, 0) is 22.5 Å². The number of amides is 1. The smallest absolute Gasteiger partial charge is 0.268 e. The number of aliphatic hydroxyl groups is 2. The number of rotatable bonds is 5. The molecule has 3 aromatic heterocycles. The first-order chi connectivity index (χ1) is 18.1. The molecule has 0 spiro atoms. The van der Waals surface area contributed by atoms with E-state index in [4.69, 9.17) is 4.74 Å². The molecule has 1 aromatic carbocycles. The highest BCUT2D eigenvalue weighted by atomic mass is 19.1. The Bertz CT molecular complexity index is 1600.